The summed E-state index contributed by atoms with van der Waals surface area (Å²) < 4.78 is 5.29. The number of rotatable bonds is 8. The van der Waals surface area contributed by atoms with E-state index in [-0.39, 0.29) is 36.1 Å². The summed E-state index contributed by atoms with van der Waals surface area (Å²) in [5.74, 6) is 0.911. The van der Waals surface area contributed by atoms with Crippen molar-refractivity contribution in [3.8, 4) is 5.75 Å². The summed E-state index contributed by atoms with van der Waals surface area (Å²) in [4.78, 5) is 42.7. The van der Waals surface area contributed by atoms with Crippen molar-refractivity contribution in [2.45, 2.75) is 24.3 Å². The molecule has 0 saturated carbocycles. The molecule has 5 rings (SSSR count). The van der Waals surface area contributed by atoms with E-state index in [1.165, 1.54) is 0 Å². The number of hydrogen-bond donors (Lipinski definition) is 3. The number of amides is 3. The molecule has 176 valence electrons. The van der Waals surface area contributed by atoms with Gasteiger partial charge in [-0.25, -0.2) is 0 Å². The smallest absolute Gasteiger partial charge is 0.256 e. The van der Waals surface area contributed by atoms with Crippen LogP contribution in [-0.4, -0.2) is 59.6 Å². The van der Waals surface area contributed by atoms with Crippen LogP contribution in [0.5, 0.6) is 5.75 Å². The average molecular weight is 479 g/mol. The van der Waals surface area contributed by atoms with Crippen molar-refractivity contribution in [2.75, 3.05) is 26.0 Å². The number of fused-ring (bicyclic) bond motifs is 4. The Hall–Kier alpha value is -3.46. The van der Waals surface area contributed by atoms with Crippen molar-refractivity contribution in [1.82, 2.24) is 20.5 Å². The van der Waals surface area contributed by atoms with Crippen molar-refractivity contribution in [2.24, 2.45) is 0 Å². The predicted octanol–water partition coefficient (Wildman–Crippen LogP) is 2.61. The number of benzene rings is 2. The second-order valence-electron chi connectivity index (χ2n) is 8.37. The van der Waals surface area contributed by atoms with Crippen LogP contribution in [0.1, 0.15) is 33.3 Å². The standard InChI is InChI=1S/C25H26N4O4S/c1-33-16-6-7-20-19(12-16)15(13-28-20)8-10-26-22(30)9-11-27-23(31)21-14-34-25-18-5-3-2-4-17(18)24(32)29(21)25/h2-7,12-13,21,25,28H,8-11,14H2,1H3,(H,26,30)(H,27,31)/t21-,25-/m1/s1. The number of hydrogen-bond acceptors (Lipinski definition) is 5. The van der Waals surface area contributed by atoms with Crippen LogP contribution < -0.4 is 15.4 Å². The number of ether oxygens (including phenoxy) is 1. The molecule has 1 aromatic heterocycles. The van der Waals surface area contributed by atoms with Gasteiger partial charge in [0.2, 0.25) is 11.8 Å². The molecule has 3 heterocycles. The Morgan fingerprint density at radius 2 is 2.03 bits per heavy atom. The normalized spacial score (nSPS) is 18.6. The van der Waals surface area contributed by atoms with Crippen molar-refractivity contribution in [3.63, 3.8) is 0 Å². The van der Waals surface area contributed by atoms with Crippen LogP contribution in [-0.2, 0) is 16.0 Å². The molecule has 0 aliphatic carbocycles. The molecular weight excluding hydrogens is 452 g/mol. The minimum absolute atomic E-state index is 0.0987. The Bertz CT molecular complexity index is 1260. The number of carbonyl (C=O) groups is 3. The van der Waals surface area contributed by atoms with E-state index in [9.17, 15) is 14.4 Å². The molecule has 9 heteroatoms. The maximum atomic E-state index is 12.8. The fraction of sp³-hybridized carbons (Fsp3) is 0.320. The molecule has 3 aromatic rings. The van der Waals surface area contributed by atoms with E-state index >= 15 is 0 Å². The maximum Gasteiger partial charge on any atom is 0.256 e. The molecule has 2 aliphatic rings. The highest BCUT2D eigenvalue weighted by Gasteiger charge is 2.48. The molecule has 0 spiro atoms. The number of carbonyl (C=O) groups excluding carboxylic acids is 3. The molecule has 8 nitrogen and oxygen atoms in total. The highest BCUT2D eigenvalue weighted by Crippen LogP contribution is 2.48. The van der Waals surface area contributed by atoms with Crippen LogP contribution in [0.15, 0.2) is 48.7 Å². The number of H-pyrrole nitrogens is 1. The third kappa shape index (κ3) is 4.11. The average Bonchev–Trinajstić information content (AvgIpc) is 3.54. The third-order valence-electron chi connectivity index (χ3n) is 6.34. The second-order valence-corrected chi connectivity index (χ2v) is 9.48. The first kappa shape index (κ1) is 22.3. The van der Waals surface area contributed by atoms with E-state index in [1.54, 1.807) is 23.8 Å². The summed E-state index contributed by atoms with van der Waals surface area (Å²) in [5, 5.41) is 6.71. The van der Waals surface area contributed by atoms with Gasteiger partial charge in [-0.05, 0) is 41.8 Å². The molecule has 2 atom stereocenters. The van der Waals surface area contributed by atoms with Gasteiger partial charge in [0.05, 0.1) is 7.11 Å². The Morgan fingerprint density at radius 1 is 1.18 bits per heavy atom. The fourth-order valence-electron chi connectivity index (χ4n) is 4.58. The molecule has 2 aliphatic heterocycles. The van der Waals surface area contributed by atoms with E-state index in [4.69, 9.17) is 4.74 Å². The summed E-state index contributed by atoms with van der Waals surface area (Å²) >= 11 is 1.60. The van der Waals surface area contributed by atoms with Crippen molar-refractivity contribution in [1.29, 1.82) is 0 Å². The van der Waals surface area contributed by atoms with Crippen LogP contribution in [0.3, 0.4) is 0 Å². The minimum atomic E-state index is -0.517. The zero-order chi connectivity index (χ0) is 23.7. The van der Waals surface area contributed by atoms with E-state index in [0.29, 0.717) is 24.3 Å². The van der Waals surface area contributed by atoms with Gasteiger partial charge in [-0.1, -0.05) is 18.2 Å². The van der Waals surface area contributed by atoms with Crippen LogP contribution in [0.4, 0.5) is 0 Å². The number of nitrogens with one attached hydrogen (secondary N) is 3. The van der Waals surface area contributed by atoms with Crippen LogP contribution in [0.2, 0.25) is 0 Å². The van der Waals surface area contributed by atoms with Crippen molar-refractivity contribution >= 4 is 40.4 Å². The predicted molar refractivity (Wildman–Crippen MR) is 131 cm³/mol. The molecule has 0 radical (unpaired) electrons. The Kier molecular flexibility index (Phi) is 6.19. The lowest BCUT2D eigenvalue weighted by Crippen LogP contribution is -2.46. The Morgan fingerprint density at radius 3 is 2.88 bits per heavy atom. The molecule has 3 N–H and O–H groups in total. The van der Waals surface area contributed by atoms with Crippen molar-refractivity contribution in [3.05, 3.63) is 65.4 Å². The molecule has 1 saturated heterocycles. The first-order valence-corrected chi connectivity index (χ1v) is 12.3. The highest BCUT2D eigenvalue weighted by atomic mass is 32.2. The molecule has 2 aromatic carbocycles. The maximum absolute atomic E-state index is 12.8. The first-order chi connectivity index (χ1) is 16.6. The monoisotopic (exact) mass is 478 g/mol. The SMILES string of the molecule is COc1ccc2[nH]cc(CCNC(=O)CCNC(=O)[C@H]3CS[C@@H]4c5ccccc5C(=O)N34)c2c1. The van der Waals surface area contributed by atoms with Gasteiger partial charge in [-0.15, -0.1) is 11.8 Å². The molecular formula is C25H26N4O4S. The van der Waals surface area contributed by atoms with Gasteiger partial charge in [0.25, 0.3) is 5.91 Å². The van der Waals surface area contributed by atoms with Gasteiger partial charge in [0, 0.05) is 47.9 Å². The fourth-order valence-corrected chi connectivity index (χ4v) is 6.04. The van der Waals surface area contributed by atoms with Gasteiger partial charge in [0.1, 0.15) is 17.2 Å². The van der Waals surface area contributed by atoms with Crippen LogP contribution in [0.25, 0.3) is 10.9 Å². The quantitative estimate of drug-likeness (QED) is 0.462. The zero-order valence-corrected chi connectivity index (χ0v) is 19.6. The van der Waals surface area contributed by atoms with Gasteiger partial charge in [0.15, 0.2) is 0 Å². The van der Waals surface area contributed by atoms with E-state index in [1.807, 2.05) is 48.7 Å². The van der Waals surface area contributed by atoms with E-state index in [0.717, 1.165) is 27.8 Å². The largest absolute Gasteiger partial charge is 0.497 e. The van der Waals surface area contributed by atoms with Crippen molar-refractivity contribution < 1.29 is 19.1 Å². The molecule has 34 heavy (non-hydrogen) atoms. The number of aromatic nitrogens is 1. The number of nitrogens with zero attached hydrogens (tertiary/aromatic N) is 1. The Labute approximate surface area is 201 Å². The summed E-state index contributed by atoms with van der Waals surface area (Å²) in [5.41, 5.74) is 3.77. The first-order valence-electron chi connectivity index (χ1n) is 11.3. The highest BCUT2D eigenvalue weighted by molar-refractivity contribution is 7.99. The van der Waals surface area contributed by atoms with Crippen LogP contribution in [0, 0.1) is 0 Å². The zero-order valence-electron chi connectivity index (χ0n) is 18.8. The van der Waals surface area contributed by atoms with Gasteiger partial charge >= 0.3 is 0 Å². The minimum Gasteiger partial charge on any atom is -0.497 e. The van der Waals surface area contributed by atoms with E-state index < -0.39 is 6.04 Å². The lowest BCUT2D eigenvalue weighted by molar-refractivity contribution is -0.125. The topological polar surface area (TPSA) is 104 Å². The molecule has 1 fully saturated rings. The summed E-state index contributed by atoms with van der Waals surface area (Å²) in [7, 11) is 1.64. The summed E-state index contributed by atoms with van der Waals surface area (Å²) in [6.45, 7) is 0.730. The molecule has 0 bridgehead atoms. The Balaban J connectivity index is 1.07. The summed E-state index contributed by atoms with van der Waals surface area (Å²) in [6, 6.07) is 12.8. The van der Waals surface area contributed by atoms with Crippen LogP contribution >= 0.6 is 11.8 Å². The van der Waals surface area contributed by atoms with E-state index in [2.05, 4.69) is 15.6 Å². The lowest BCUT2D eigenvalue weighted by Gasteiger charge is -2.22. The molecule has 0 unspecified atom stereocenters. The third-order valence-corrected chi connectivity index (χ3v) is 7.64. The lowest BCUT2D eigenvalue weighted by atomic mass is 10.1. The number of methoxy groups -OCH3 is 1. The van der Waals surface area contributed by atoms with Gasteiger partial charge in [-0.3, -0.25) is 14.4 Å². The van der Waals surface area contributed by atoms with Gasteiger partial charge in [-0.2, -0.15) is 0 Å². The number of aromatic amines is 1. The molecule has 3 amide bonds. The van der Waals surface area contributed by atoms with Gasteiger partial charge < -0.3 is 25.3 Å². The number of thioether (sulfide) groups is 1. The second kappa shape index (κ2) is 9.42. The summed E-state index contributed by atoms with van der Waals surface area (Å²) in [6.07, 6.45) is 2.82.